The lowest BCUT2D eigenvalue weighted by atomic mass is 9.90. The van der Waals surface area contributed by atoms with Crippen molar-refractivity contribution in [2.24, 2.45) is 10.8 Å². The first-order valence-electron chi connectivity index (χ1n) is 4.86. The molecule has 78 valence electrons. The second-order valence-corrected chi connectivity index (χ2v) is 5.37. The number of hydrogen-bond acceptors (Lipinski definition) is 2. The van der Waals surface area contributed by atoms with Gasteiger partial charge in [0.15, 0.2) is 0 Å². The molecule has 0 aliphatic carbocycles. The molecule has 0 aliphatic rings. The highest BCUT2D eigenvalue weighted by atomic mass is 16.5. The average Bonchev–Trinajstić information content (AvgIpc) is 1.98. The average molecular weight is 186 g/mol. The van der Waals surface area contributed by atoms with E-state index < -0.39 is 0 Å². The maximum atomic E-state index is 11.5. The number of hydrogen-bond donors (Lipinski definition) is 0. The highest BCUT2D eigenvalue weighted by Gasteiger charge is 2.28. The highest BCUT2D eigenvalue weighted by molar-refractivity contribution is 5.75. The van der Waals surface area contributed by atoms with Crippen molar-refractivity contribution in [2.45, 2.75) is 48.0 Å². The molecular formula is C11H22O2. The van der Waals surface area contributed by atoms with E-state index in [2.05, 4.69) is 20.8 Å². The van der Waals surface area contributed by atoms with Crippen LogP contribution in [0.1, 0.15) is 48.0 Å². The first-order valence-corrected chi connectivity index (χ1v) is 4.86. The molecule has 0 atom stereocenters. The minimum atomic E-state index is -0.342. The van der Waals surface area contributed by atoms with Crippen LogP contribution in [0.15, 0.2) is 0 Å². The number of rotatable bonds is 3. The minimum Gasteiger partial charge on any atom is -0.465 e. The summed E-state index contributed by atoms with van der Waals surface area (Å²) in [6, 6.07) is 0. The molecule has 0 rings (SSSR count). The van der Waals surface area contributed by atoms with E-state index in [1.807, 2.05) is 20.8 Å². The smallest absolute Gasteiger partial charge is 0.311 e. The monoisotopic (exact) mass is 186 g/mol. The molecule has 0 aromatic carbocycles. The van der Waals surface area contributed by atoms with E-state index in [-0.39, 0.29) is 16.8 Å². The van der Waals surface area contributed by atoms with E-state index in [4.69, 9.17) is 4.74 Å². The van der Waals surface area contributed by atoms with Crippen molar-refractivity contribution >= 4 is 5.97 Å². The van der Waals surface area contributed by atoms with Crippen LogP contribution in [0.5, 0.6) is 0 Å². The number of ether oxygens (including phenoxy) is 1. The zero-order chi connectivity index (χ0) is 10.7. The molecule has 0 heterocycles. The van der Waals surface area contributed by atoms with Crippen molar-refractivity contribution in [1.82, 2.24) is 0 Å². The van der Waals surface area contributed by atoms with Gasteiger partial charge in [-0.25, -0.2) is 0 Å². The van der Waals surface area contributed by atoms with Gasteiger partial charge in [0.05, 0.1) is 12.0 Å². The van der Waals surface area contributed by atoms with Crippen LogP contribution in [-0.4, -0.2) is 12.6 Å². The maximum Gasteiger partial charge on any atom is 0.311 e. The molecule has 0 N–H and O–H groups in total. The summed E-state index contributed by atoms with van der Waals surface area (Å²) in [6.45, 7) is 12.5. The molecule has 0 unspecified atom stereocenters. The number of carbonyl (C=O) groups excluding carboxylic acids is 1. The van der Waals surface area contributed by atoms with Crippen LogP contribution in [0.25, 0.3) is 0 Å². The molecular weight excluding hydrogens is 164 g/mol. The highest BCUT2D eigenvalue weighted by Crippen LogP contribution is 2.23. The summed E-state index contributed by atoms with van der Waals surface area (Å²) in [5.41, 5.74) is -0.287. The predicted molar refractivity (Wildman–Crippen MR) is 54.5 cm³/mol. The normalized spacial score (nSPS) is 12.8. The summed E-state index contributed by atoms with van der Waals surface area (Å²) in [6.07, 6.45) is 0.815. The van der Waals surface area contributed by atoms with Crippen molar-refractivity contribution in [3.05, 3.63) is 0 Å². The van der Waals surface area contributed by atoms with Crippen LogP contribution in [0, 0.1) is 10.8 Å². The molecule has 0 aromatic heterocycles. The van der Waals surface area contributed by atoms with E-state index in [1.165, 1.54) is 0 Å². The lowest BCUT2D eigenvalue weighted by molar-refractivity contribution is -0.156. The van der Waals surface area contributed by atoms with Crippen molar-refractivity contribution in [2.75, 3.05) is 6.61 Å². The van der Waals surface area contributed by atoms with Gasteiger partial charge >= 0.3 is 5.97 Å². The Kier molecular flexibility index (Phi) is 3.95. The molecule has 0 amide bonds. The molecule has 0 aromatic rings. The number of carbonyl (C=O) groups is 1. The molecule has 0 radical (unpaired) electrons. The van der Waals surface area contributed by atoms with E-state index in [0.29, 0.717) is 6.61 Å². The van der Waals surface area contributed by atoms with Gasteiger partial charge < -0.3 is 4.74 Å². The van der Waals surface area contributed by atoms with E-state index in [0.717, 1.165) is 6.42 Å². The van der Waals surface area contributed by atoms with Crippen LogP contribution in [0.4, 0.5) is 0 Å². The van der Waals surface area contributed by atoms with Crippen molar-refractivity contribution in [3.63, 3.8) is 0 Å². The van der Waals surface area contributed by atoms with Crippen LogP contribution >= 0.6 is 0 Å². The van der Waals surface area contributed by atoms with Crippen LogP contribution in [-0.2, 0) is 9.53 Å². The van der Waals surface area contributed by atoms with Crippen molar-refractivity contribution < 1.29 is 9.53 Å². The maximum absolute atomic E-state index is 11.5. The Morgan fingerprint density at radius 2 is 1.62 bits per heavy atom. The van der Waals surface area contributed by atoms with Gasteiger partial charge in [-0.1, -0.05) is 27.7 Å². The Bertz CT molecular complexity index is 175. The molecule has 2 heteroatoms. The van der Waals surface area contributed by atoms with Gasteiger partial charge in [0, 0.05) is 0 Å². The summed E-state index contributed by atoms with van der Waals surface area (Å²) in [5, 5.41) is 0. The van der Waals surface area contributed by atoms with Gasteiger partial charge in [-0.2, -0.15) is 0 Å². The van der Waals surface area contributed by atoms with E-state index in [1.54, 1.807) is 0 Å². The summed E-state index contributed by atoms with van der Waals surface area (Å²) in [7, 11) is 0. The zero-order valence-corrected chi connectivity index (χ0v) is 9.73. The fraction of sp³-hybridized carbons (Fsp3) is 0.909. The van der Waals surface area contributed by atoms with Crippen LogP contribution in [0.2, 0.25) is 0 Å². The van der Waals surface area contributed by atoms with Crippen LogP contribution in [0.3, 0.4) is 0 Å². The fourth-order valence-electron chi connectivity index (χ4n) is 0.622. The molecule has 0 fully saturated rings. The van der Waals surface area contributed by atoms with Crippen molar-refractivity contribution in [3.8, 4) is 0 Å². The van der Waals surface area contributed by atoms with Crippen LogP contribution < -0.4 is 0 Å². The topological polar surface area (TPSA) is 26.3 Å². The third kappa shape index (κ3) is 4.91. The molecule has 0 aliphatic heterocycles. The first kappa shape index (κ1) is 12.5. The lowest BCUT2D eigenvalue weighted by Gasteiger charge is -2.24. The Hall–Kier alpha value is -0.530. The Labute approximate surface area is 81.7 Å². The zero-order valence-electron chi connectivity index (χ0n) is 9.73. The SMILES string of the molecule is CCC(C)(C)C(=O)OCC(C)(C)C. The fourth-order valence-corrected chi connectivity index (χ4v) is 0.622. The lowest BCUT2D eigenvalue weighted by Crippen LogP contribution is -2.29. The molecule has 2 nitrogen and oxygen atoms in total. The third-order valence-electron chi connectivity index (χ3n) is 2.07. The molecule has 13 heavy (non-hydrogen) atoms. The quantitative estimate of drug-likeness (QED) is 0.633. The molecule has 0 bridgehead atoms. The van der Waals surface area contributed by atoms with Crippen molar-refractivity contribution in [1.29, 1.82) is 0 Å². The number of esters is 1. The summed E-state index contributed by atoms with van der Waals surface area (Å²) >= 11 is 0. The standard InChI is InChI=1S/C11H22O2/c1-7-11(5,6)9(12)13-8-10(2,3)4/h7-8H2,1-6H3. The van der Waals surface area contributed by atoms with Gasteiger partial charge in [0.1, 0.15) is 0 Å². The van der Waals surface area contributed by atoms with Gasteiger partial charge in [-0.05, 0) is 25.7 Å². The Balaban J connectivity index is 4.03. The Morgan fingerprint density at radius 3 is 1.92 bits per heavy atom. The first-order chi connectivity index (χ1) is 5.69. The second-order valence-electron chi connectivity index (χ2n) is 5.37. The second kappa shape index (κ2) is 4.12. The van der Waals surface area contributed by atoms with Gasteiger partial charge in [-0.15, -0.1) is 0 Å². The molecule has 0 saturated carbocycles. The largest absolute Gasteiger partial charge is 0.465 e. The summed E-state index contributed by atoms with van der Waals surface area (Å²) in [4.78, 5) is 11.5. The predicted octanol–water partition coefficient (Wildman–Crippen LogP) is 3.01. The van der Waals surface area contributed by atoms with Gasteiger partial charge in [-0.3, -0.25) is 4.79 Å². The Morgan fingerprint density at radius 1 is 1.15 bits per heavy atom. The van der Waals surface area contributed by atoms with E-state index in [9.17, 15) is 4.79 Å². The third-order valence-corrected chi connectivity index (χ3v) is 2.07. The molecule has 0 spiro atoms. The minimum absolute atomic E-state index is 0.0550. The summed E-state index contributed by atoms with van der Waals surface area (Å²) < 4.78 is 5.22. The summed E-state index contributed by atoms with van der Waals surface area (Å²) in [5.74, 6) is -0.0927. The van der Waals surface area contributed by atoms with Gasteiger partial charge in [0.2, 0.25) is 0 Å². The van der Waals surface area contributed by atoms with Gasteiger partial charge in [0.25, 0.3) is 0 Å². The van der Waals surface area contributed by atoms with E-state index >= 15 is 0 Å². The molecule has 0 saturated heterocycles.